The van der Waals surface area contributed by atoms with Crippen LogP contribution in [0, 0.1) is 0 Å². The van der Waals surface area contributed by atoms with Crippen LogP contribution in [0.15, 0.2) is 79.1 Å². The molecule has 0 atom stereocenters. The van der Waals surface area contributed by atoms with Crippen molar-refractivity contribution in [2.45, 2.75) is 6.54 Å². The summed E-state index contributed by atoms with van der Waals surface area (Å²) in [4.78, 5) is 38.5. The lowest BCUT2D eigenvalue weighted by molar-refractivity contribution is 0.102. The fourth-order valence-electron chi connectivity index (χ4n) is 4.06. The Morgan fingerprint density at radius 2 is 1.77 bits per heavy atom. The summed E-state index contributed by atoms with van der Waals surface area (Å²) < 4.78 is 6.79. The van der Waals surface area contributed by atoms with Crippen LogP contribution in [0.5, 0.6) is 0 Å². The summed E-state index contributed by atoms with van der Waals surface area (Å²) in [6.45, 7) is 4.36. The second kappa shape index (κ2) is 10.3. The van der Waals surface area contributed by atoms with E-state index in [2.05, 4.69) is 81.2 Å². The van der Waals surface area contributed by atoms with E-state index in [0.717, 1.165) is 43.0 Å². The fraction of sp³-hybridized carbons (Fsp3) is 0.200. The number of piperazine rings is 1. The number of hydrogen-bond acceptors (Lipinski definition) is 7. The first kappa shape index (κ1) is 23.7. The molecule has 0 saturated carbocycles. The average Bonchev–Trinajstić information content (AvgIpc) is 2.85. The summed E-state index contributed by atoms with van der Waals surface area (Å²) in [7, 11) is 0. The third kappa shape index (κ3) is 5.44. The molecule has 1 amide bonds. The monoisotopic (exact) mass is 597 g/mol. The highest BCUT2D eigenvalue weighted by Crippen LogP contribution is 2.28. The Kier molecular flexibility index (Phi) is 6.94. The molecule has 35 heavy (non-hydrogen) atoms. The third-order valence-corrected chi connectivity index (χ3v) is 6.88. The molecule has 2 aromatic heterocycles. The number of rotatable bonds is 5. The zero-order chi connectivity index (χ0) is 24.4. The van der Waals surface area contributed by atoms with Crippen molar-refractivity contribution >= 4 is 60.4 Å². The van der Waals surface area contributed by atoms with Gasteiger partial charge in [0, 0.05) is 48.6 Å². The van der Waals surface area contributed by atoms with Gasteiger partial charge in [-0.25, -0.2) is 14.8 Å². The van der Waals surface area contributed by atoms with Gasteiger partial charge in [0.05, 0.1) is 4.47 Å². The molecule has 10 heteroatoms. The minimum atomic E-state index is -0.721. The van der Waals surface area contributed by atoms with E-state index >= 15 is 0 Å². The van der Waals surface area contributed by atoms with Gasteiger partial charge in [0.15, 0.2) is 5.58 Å². The molecule has 0 bridgehead atoms. The lowest BCUT2D eigenvalue weighted by Crippen LogP contribution is -2.46. The van der Waals surface area contributed by atoms with E-state index < -0.39 is 11.5 Å². The normalized spacial score (nSPS) is 14.3. The van der Waals surface area contributed by atoms with Gasteiger partial charge in [-0.2, -0.15) is 0 Å². The number of nitrogens with one attached hydrogen (secondary N) is 1. The van der Waals surface area contributed by atoms with E-state index in [4.69, 9.17) is 4.42 Å². The first-order chi connectivity index (χ1) is 17.0. The summed E-state index contributed by atoms with van der Waals surface area (Å²) in [6, 6.07) is 17.2. The standard InChI is InChI=1S/C25H21Br2N5O3/c26-18-10-17-11-19(25(34)35-23(17)20(27)12-18)24(33)30-21-13-22(29-15-28-21)32-8-6-31(7-9-32)14-16-4-2-1-3-5-16/h1-5,10-13,15H,6-9,14H2,(H,28,29,30,33). The van der Waals surface area contributed by atoms with E-state index in [1.807, 2.05) is 6.07 Å². The Bertz CT molecular complexity index is 1440. The van der Waals surface area contributed by atoms with Crippen LogP contribution < -0.4 is 15.8 Å². The minimum Gasteiger partial charge on any atom is -0.421 e. The molecule has 3 heterocycles. The Morgan fingerprint density at radius 3 is 2.54 bits per heavy atom. The largest absolute Gasteiger partial charge is 0.421 e. The van der Waals surface area contributed by atoms with Crippen molar-refractivity contribution in [1.29, 1.82) is 0 Å². The molecule has 1 N–H and O–H groups in total. The van der Waals surface area contributed by atoms with Crippen molar-refractivity contribution in [2.24, 2.45) is 0 Å². The zero-order valence-electron chi connectivity index (χ0n) is 18.6. The SMILES string of the molecule is O=C(Nc1cc(N2CCN(Cc3ccccc3)CC2)ncn1)c1cc2cc(Br)cc(Br)c2oc1=O. The van der Waals surface area contributed by atoms with Crippen molar-refractivity contribution in [2.75, 3.05) is 36.4 Å². The molecule has 0 unspecified atom stereocenters. The number of carbonyl (C=O) groups excluding carboxylic acids is 1. The van der Waals surface area contributed by atoms with Crippen LogP contribution in [0.1, 0.15) is 15.9 Å². The van der Waals surface area contributed by atoms with Crippen molar-refractivity contribution in [3.63, 3.8) is 0 Å². The Labute approximate surface area is 218 Å². The molecular weight excluding hydrogens is 578 g/mol. The fourth-order valence-corrected chi connectivity index (χ4v) is 5.40. The zero-order valence-corrected chi connectivity index (χ0v) is 21.8. The Hall–Kier alpha value is -3.08. The topological polar surface area (TPSA) is 91.6 Å². The number of carbonyl (C=O) groups is 1. The van der Waals surface area contributed by atoms with Gasteiger partial charge in [0.1, 0.15) is 23.5 Å². The molecule has 178 valence electrons. The molecule has 1 saturated heterocycles. The van der Waals surface area contributed by atoms with Crippen molar-refractivity contribution in [3.8, 4) is 0 Å². The maximum atomic E-state index is 12.9. The third-order valence-electron chi connectivity index (χ3n) is 5.84. The lowest BCUT2D eigenvalue weighted by atomic mass is 10.2. The molecule has 4 aromatic rings. The van der Waals surface area contributed by atoms with Gasteiger partial charge < -0.3 is 14.6 Å². The van der Waals surface area contributed by atoms with Gasteiger partial charge in [-0.05, 0) is 39.7 Å². The van der Waals surface area contributed by atoms with Gasteiger partial charge in [0.2, 0.25) is 0 Å². The predicted octanol–water partition coefficient (Wildman–Crippen LogP) is 4.68. The van der Waals surface area contributed by atoms with E-state index in [9.17, 15) is 9.59 Å². The quantitative estimate of drug-likeness (QED) is 0.333. The summed E-state index contributed by atoms with van der Waals surface area (Å²) >= 11 is 6.78. The van der Waals surface area contributed by atoms with Crippen molar-refractivity contribution in [1.82, 2.24) is 14.9 Å². The maximum Gasteiger partial charge on any atom is 0.349 e. The Balaban J connectivity index is 1.27. The van der Waals surface area contributed by atoms with Crippen LogP contribution in [0.4, 0.5) is 11.6 Å². The molecule has 0 spiro atoms. The van der Waals surface area contributed by atoms with E-state index in [1.54, 1.807) is 18.2 Å². The highest BCUT2D eigenvalue weighted by molar-refractivity contribution is 9.11. The molecule has 5 rings (SSSR count). The van der Waals surface area contributed by atoms with E-state index in [1.165, 1.54) is 18.0 Å². The van der Waals surface area contributed by atoms with Gasteiger partial charge in [-0.15, -0.1) is 0 Å². The van der Waals surface area contributed by atoms with Gasteiger partial charge in [-0.1, -0.05) is 46.3 Å². The molecule has 0 radical (unpaired) electrons. The highest BCUT2D eigenvalue weighted by atomic mass is 79.9. The van der Waals surface area contributed by atoms with E-state index in [0.29, 0.717) is 21.3 Å². The van der Waals surface area contributed by atoms with Crippen molar-refractivity contribution in [3.05, 3.63) is 91.4 Å². The summed E-state index contributed by atoms with van der Waals surface area (Å²) in [5.74, 6) is 0.462. The first-order valence-corrected chi connectivity index (χ1v) is 12.6. The Morgan fingerprint density at radius 1 is 1.00 bits per heavy atom. The molecule has 1 aliphatic heterocycles. The van der Waals surface area contributed by atoms with Gasteiger partial charge >= 0.3 is 5.63 Å². The van der Waals surface area contributed by atoms with Crippen LogP contribution >= 0.6 is 31.9 Å². The van der Waals surface area contributed by atoms with Crippen LogP contribution in [0.2, 0.25) is 0 Å². The molecule has 1 aliphatic rings. The number of hydrogen-bond donors (Lipinski definition) is 1. The predicted molar refractivity (Wildman–Crippen MR) is 142 cm³/mol. The molecule has 0 aliphatic carbocycles. The highest BCUT2D eigenvalue weighted by Gasteiger charge is 2.20. The first-order valence-electron chi connectivity index (χ1n) is 11.0. The number of amides is 1. The molecule has 2 aromatic carbocycles. The number of halogens is 2. The van der Waals surface area contributed by atoms with Crippen LogP contribution in [0.3, 0.4) is 0 Å². The summed E-state index contributed by atoms with van der Waals surface area (Å²) in [5.41, 5.74) is 0.857. The summed E-state index contributed by atoms with van der Waals surface area (Å²) in [6.07, 6.45) is 1.42. The van der Waals surface area contributed by atoms with Crippen LogP contribution in [0.25, 0.3) is 11.0 Å². The molecular formula is C25H21Br2N5O3. The van der Waals surface area contributed by atoms with Crippen LogP contribution in [-0.4, -0.2) is 47.0 Å². The average molecular weight is 599 g/mol. The number of nitrogens with zero attached hydrogens (tertiary/aromatic N) is 4. The second-order valence-corrected chi connectivity index (χ2v) is 9.99. The maximum absolute atomic E-state index is 12.9. The molecule has 1 fully saturated rings. The summed E-state index contributed by atoms with van der Waals surface area (Å²) in [5, 5.41) is 3.32. The van der Waals surface area contributed by atoms with Gasteiger partial charge in [0.25, 0.3) is 5.91 Å². The number of aromatic nitrogens is 2. The smallest absolute Gasteiger partial charge is 0.349 e. The van der Waals surface area contributed by atoms with Crippen LogP contribution in [-0.2, 0) is 6.54 Å². The van der Waals surface area contributed by atoms with E-state index in [-0.39, 0.29) is 5.56 Å². The molecule has 8 nitrogen and oxygen atoms in total. The number of benzene rings is 2. The lowest BCUT2D eigenvalue weighted by Gasteiger charge is -2.35. The number of anilines is 2. The van der Waals surface area contributed by atoms with Gasteiger partial charge in [-0.3, -0.25) is 9.69 Å². The van der Waals surface area contributed by atoms with Crippen molar-refractivity contribution < 1.29 is 9.21 Å². The number of fused-ring (bicyclic) bond motifs is 1. The minimum absolute atomic E-state index is 0.0998. The second-order valence-electron chi connectivity index (χ2n) is 8.22.